The molecule has 94 valence electrons. The Bertz CT molecular complexity index is 581. The van der Waals surface area contributed by atoms with Gasteiger partial charge in [-0.15, -0.1) is 0 Å². The second-order valence-electron chi connectivity index (χ2n) is 4.17. The van der Waals surface area contributed by atoms with Crippen LogP contribution in [0.4, 0.5) is 13.2 Å². The second kappa shape index (κ2) is 4.82. The molecule has 18 heavy (non-hydrogen) atoms. The minimum atomic E-state index is -1.03. The molecule has 0 saturated heterocycles. The quantitative estimate of drug-likeness (QED) is 0.869. The molecule has 0 amide bonds. The van der Waals surface area contributed by atoms with Crippen molar-refractivity contribution in [1.29, 1.82) is 0 Å². The van der Waals surface area contributed by atoms with Gasteiger partial charge in [-0.25, -0.2) is 13.2 Å². The Hall–Kier alpha value is -1.81. The van der Waals surface area contributed by atoms with Crippen LogP contribution in [0.1, 0.15) is 22.7 Å². The first-order valence-corrected chi connectivity index (χ1v) is 5.45. The molecule has 1 unspecified atom stereocenters. The van der Waals surface area contributed by atoms with E-state index in [1.807, 2.05) is 0 Å². The predicted molar refractivity (Wildman–Crippen MR) is 63.5 cm³/mol. The Kier molecular flexibility index (Phi) is 3.39. The second-order valence-corrected chi connectivity index (χ2v) is 4.17. The maximum absolute atomic E-state index is 13.7. The van der Waals surface area contributed by atoms with Crippen LogP contribution in [0.3, 0.4) is 0 Å². The normalized spacial score (nSPS) is 12.5. The van der Waals surface area contributed by atoms with Crippen molar-refractivity contribution in [2.75, 3.05) is 0 Å². The highest BCUT2D eigenvalue weighted by Gasteiger charge is 2.17. The molecular weight excluding hydrogens is 239 g/mol. The average Bonchev–Trinajstić information content (AvgIpc) is 2.31. The van der Waals surface area contributed by atoms with Crippen LogP contribution in [0.2, 0.25) is 0 Å². The number of rotatable bonds is 2. The molecule has 0 aromatic heterocycles. The van der Waals surface area contributed by atoms with Gasteiger partial charge in [0.2, 0.25) is 0 Å². The van der Waals surface area contributed by atoms with Crippen molar-refractivity contribution >= 4 is 0 Å². The molecule has 1 nitrogen and oxygen atoms in total. The summed E-state index contributed by atoms with van der Waals surface area (Å²) >= 11 is 0. The Balaban J connectivity index is 2.47. The lowest BCUT2D eigenvalue weighted by atomic mass is 9.97. The molecule has 1 atom stereocenters. The predicted octanol–water partition coefficient (Wildman–Crippen LogP) is 3.46. The highest BCUT2D eigenvalue weighted by atomic mass is 19.1. The first-order valence-electron chi connectivity index (χ1n) is 5.45. The summed E-state index contributed by atoms with van der Waals surface area (Å²) in [5, 5.41) is 0. The van der Waals surface area contributed by atoms with E-state index in [-0.39, 0.29) is 11.1 Å². The van der Waals surface area contributed by atoms with E-state index in [0.717, 1.165) is 23.8 Å². The summed E-state index contributed by atoms with van der Waals surface area (Å²) in [5.41, 5.74) is 6.62. The molecule has 2 rings (SSSR count). The average molecular weight is 251 g/mol. The summed E-state index contributed by atoms with van der Waals surface area (Å²) in [7, 11) is 0. The molecule has 0 aliphatic carbocycles. The van der Waals surface area contributed by atoms with Gasteiger partial charge in [-0.2, -0.15) is 0 Å². The van der Waals surface area contributed by atoms with Crippen LogP contribution in [-0.4, -0.2) is 0 Å². The van der Waals surface area contributed by atoms with Gasteiger partial charge in [0, 0.05) is 11.1 Å². The van der Waals surface area contributed by atoms with Crippen LogP contribution >= 0.6 is 0 Å². The van der Waals surface area contributed by atoms with Gasteiger partial charge < -0.3 is 5.73 Å². The summed E-state index contributed by atoms with van der Waals surface area (Å²) in [6.45, 7) is 1.74. The standard InChI is InChI=1S/C14H12F3N/c1-8-2-4-10(13(17)6-8)14(18)11-7-9(15)3-5-12(11)16/h2-7,14H,18H2,1H3. The Morgan fingerprint density at radius 2 is 1.61 bits per heavy atom. The highest BCUT2D eigenvalue weighted by Crippen LogP contribution is 2.25. The monoisotopic (exact) mass is 251 g/mol. The van der Waals surface area contributed by atoms with Crippen LogP contribution in [-0.2, 0) is 0 Å². The maximum atomic E-state index is 13.7. The zero-order valence-electron chi connectivity index (χ0n) is 9.75. The third-order valence-electron chi connectivity index (χ3n) is 2.78. The topological polar surface area (TPSA) is 26.0 Å². The number of aryl methyl sites for hydroxylation is 1. The van der Waals surface area contributed by atoms with Crippen LogP contribution < -0.4 is 5.73 Å². The van der Waals surface area contributed by atoms with Crippen molar-refractivity contribution < 1.29 is 13.2 Å². The van der Waals surface area contributed by atoms with Crippen LogP contribution in [0.25, 0.3) is 0 Å². The maximum Gasteiger partial charge on any atom is 0.128 e. The third kappa shape index (κ3) is 2.38. The molecule has 0 radical (unpaired) electrons. The fraction of sp³-hybridized carbons (Fsp3) is 0.143. The third-order valence-corrected chi connectivity index (χ3v) is 2.78. The molecule has 0 aliphatic rings. The molecule has 4 heteroatoms. The van der Waals surface area contributed by atoms with Gasteiger partial charge in [0.1, 0.15) is 17.5 Å². The zero-order chi connectivity index (χ0) is 13.3. The first-order chi connectivity index (χ1) is 8.49. The van der Waals surface area contributed by atoms with E-state index >= 15 is 0 Å². The lowest BCUT2D eigenvalue weighted by Crippen LogP contribution is -2.15. The molecule has 0 heterocycles. The van der Waals surface area contributed by atoms with E-state index in [9.17, 15) is 13.2 Å². The molecule has 2 N–H and O–H groups in total. The number of halogens is 3. The fourth-order valence-corrected chi connectivity index (χ4v) is 1.80. The van der Waals surface area contributed by atoms with Gasteiger partial charge in [-0.1, -0.05) is 12.1 Å². The van der Waals surface area contributed by atoms with Crippen molar-refractivity contribution in [3.63, 3.8) is 0 Å². The van der Waals surface area contributed by atoms with Gasteiger partial charge in [0.25, 0.3) is 0 Å². The van der Waals surface area contributed by atoms with E-state index in [1.165, 1.54) is 12.1 Å². The van der Waals surface area contributed by atoms with Crippen LogP contribution in [0.15, 0.2) is 36.4 Å². The molecule has 0 saturated carbocycles. The van der Waals surface area contributed by atoms with Crippen molar-refractivity contribution in [3.05, 3.63) is 70.5 Å². The van der Waals surface area contributed by atoms with E-state index in [0.29, 0.717) is 0 Å². The summed E-state index contributed by atoms with van der Waals surface area (Å²) < 4.78 is 40.3. The van der Waals surface area contributed by atoms with Gasteiger partial charge in [-0.05, 0) is 36.8 Å². The van der Waals surface area contributed by atoms with Crippen molar-refractivity contribution in [1.82, 2.24) is 0 Å². The summed E-state index contributed by atoms with van der Waals surface area (Å²) in [6, 6.07) is 6.41. The molecule has 2 aromatic carbocycles. The SMILES string of the molecule is Cc1ccc(C(N)c2cc(F)ccc2F)c(F)c1. The van der Waals surface area contributed by atoms with Crippen molar-refractivity contribution in [3.8, 4) is 0 Å². The Morgan fingerprint density at radius 3 is 2.28 bits per heavy atom. The molecule has 0 bridgehead atoms. The number of nitrogens with two attached hydrogens (primary N) is 1. The highest BCUT2D eigenvalue weighted by molar-refractivity contribution is 5.35. The number of hydrogen-bond acceptors (Lipinski definition) is 1. The fourth-order valence-electron chi connectivity index (χ4n) is 1.80. The van der Waals surface area contributed by atoms with E-state index < -0.39 is 23.5 Å². The van der Waals surface area contributed by atoms with Crippen LogP contribution in [0.5, 0.6) is 0 Å². The Labute approximate surface area is 103 Å². The summed E-state index contributed by atoms with van der Waals surface area (Å²) in [4.78, 5) is 0. The minimum Gasteiger partial charge on any atom is -0.320 e. The van der Waals surface area contributed by atoms with Crippen LogP contribution in [0, 0.1) is 24.4 Å². The van der Waals surface area contributed by atoms with E-state index in [2.05, 4.69) is 0 Å². The molecule has 0 fully saturated rings. The molecule has 2 aromatic rings. The lowest BCUT2D eigenvalue weighted by molar-refractivity contribution is 0.562. The number of hydrogen-bond donors (Lipinski definition) is 1. The number of benzene rings is 2. The lowest BCUT2D eigenvalue weighted by Gasteiger charge is -2.14. The smallest absolute Gasteiger partial charge is 0.128 e. The molecular formula is C14H12F3N. The zero-order valence-corrected chi connectivity index (χ0v) is 9.75. The Morgan fingerprint density at radius 1 is 0.889 bits per heavy atom. The first kappa shape index (κ1) is 12.6. The van der Waals surface area contributed by atoms with E-state index in [1.54, 1.807) is 13.0 Å². The summed E-state index contributed by atoms with van der Waals surface area (Å²) in [6.07, 6.45) is 0. The minimum absolute atomic E-state index is 0.0576. The largest absolute Gasteiger partial charge is 0.320 e. The van der Waals surface area contributed by atoms with Gasteiger partial charge in [0.15, 0.2) is 0 Å². The molecule has 0 aliphatic heterocycles. The van der Waals surface area contributed by atoms with Crippen molar-refractivity contribution in [2.45, 2.75) is 13.0 Å². The van der Waals surface area contributed by atoms with E-state index in [4.69, 9.17) is 5.73 Å². The van der Waals surface area contributed by atoms with Gasteiger partial charge >= 0.3 is 0 Å². The van der Waals surface area contributed by atoms with Gasteiger partial charge in [0.05, 0.1) is 6.04 Å². The summed E-state index contributed by atoms with van der Waals surface area (Å²) in [5.74, 6) is -1.77. The van der Waals surface area contributed by atoms with Gasteiger partial charge in [-0.3, -0.25) is 0 Å². The van der Waals surface area contributed by atoms with Crippen molar-refractivity contribution in [2.24, 2.45) is 5.73 Å². The molecule has 0 spiro atoms.